The number of carbonyl (C=O) groups is 1. The standard InChI is InChI=1S/C18H20N2O4/c1-23-15-8-12-5-6-18(22,14(12)9-16(15)24-2)11-20-17(21)13-4-3-7-19-10-13/h3-4,7-10,22H,5-6,11H2,1-2H3,(H,20,21). The Morgan fingerprint density at radius 3 is 2.75 bits per heavy atom. The van der Waals surface area contributed by atoms with Gasteiger partial charge in [-0.15, -0.1) is 0 Å². The van der Waals surface area contributed by atoms with Crippen LogP contribution in [0.1, 0.15) is 27.9 Å². The van der Waals surface area contributed by atoms with Crippen LogP contribution in [0.25, 0.3) is 0 Å². The molecule has 1 atom stereocenters. The molecule has 1 heterocycles. The number of nitrogens with one attached hydrogen (secondary N) is 1. The normalized spacial score (nSPS) is 18.8. The first-order valence-electron chi connectivity index (χ1n) is 7.73. The quantitative estimate of drug-likeness (QED) is 0.872. The molecule has 126 valence electrons. The van der Waals surface area contributed by atoms with Crippen molar-refractivity contribution < 1.29 is 19.4 Å². The molecule has 24 heavy (non-hydrogen) atoms. The highest BCUT2D eigenvalue weighted by molar-refractivity contribution is 5.93. The second-order valence-electron chi connectivity index (χ2n) is 5.82. The van der Waals surface area contributed by atoms with Gasteiger partial charge in [0, 0.05) is 12.4 Å². The average Bonchev–Trinajstić information content (AvgIpc) is 2.95. The Kier molecular flexibility index (Phi) is 4.40. The van der Waals surface area contributed by atoms with Crippen LogP contribution in [-0.4, -0.2) is 36.8 Å². The SMILES string of the molecule is COc1cc2c(cc1OC)C(O)(CNC(=O)c1cccnc1)CC2. The molecule has 1 amide bonds. The number of aryl methyl sites for hydroxylation is 1. The van der Waals surface area contributed by atoms with Gasteiger partial charge in [0.2, 0.25) is 0 Å². The van der Waals surface area contributed by atoms with Gasteiger partial charge in [-0.25, -0.2) is 0 Å². The zero-order valence-corrected chi connectivity index (χ0v) is 13.7. The number of benzene rings is 1. The lowest BCUT2D eigenvalue weighted by atomic mass is 9.95. The maximum Gasteiger partial charge on any atom is 0.252 e. The molecule has 1 aromatic carbocycles. The predicted molar refractivity (Wildman–Crippen MR) is 88.3 cm³/mol. The predicted octanol–water partition coefficient (Wildman–Crippen LogP) is 1.66. The van der Waals surface area contributed by atoms with E-state index in [0.29, 0.717) is 23.5 Å². The number of pyridine rings is 1. The van der Waals surface area contributed by atoms with Crippen LogP contribution < -0.4 is 14.8 Å². The van der Waals surface area contributed by atoms with E-state index >= 15 is 0 Å². The molecule has 3 rings (SSSR count). The summed E-state index contributed by atoms with van der Waals surface area (Å²) in [5, 5.41) is 13.8. The van der Waals surface area contributed by atoms with Crippen LogP contribution in [0.3, 0.4) is 0 Å². The van der Waals surface area contributed by atoms with E-state index in [1.165, 1.54) is 6.20 Å². The van der Waals surface area contributed by atoms with Gasteiger partial charge in [-0.3, -0.25) is 9.78 Å². The molecule has 1 aliphatic rings. The Hall–Kier alpha value is -2.60. The van der Waals surface area contributed by atoms with Gasteiger partial charge in [-0.1, -0.05) is 0 Å². The van der Waals surface area contributed by atoms with Gasteiger partial charge in [0.05, 0.1) is 26.3 Å². The summed E-state index contributed by atoms with van der Waals surface area (Å²) in [4.78, 5) is 16.1. The number of methoxy groups -OCH3 is 2. The Morgan fingerprint density at radius 2 is 2.08 bits per heavy atom. The van der Waals surface area contributed by atoms with Gasteiger partial charge < -0.3 is 19.9 Å². The molecule has 0 radical (unpaired) electrons. The van der Waals surface area contributed by atoms with E-state index < -0.39 is 5.60 Å². The number of ether oxygens (including phenoxy) is 2. The zero-order chi connectivity index (χ0) is 17.2. The van der Waals surface area contributed by atoms with Crippen molar-refractivity contribution in [3.05, 3.63) is 53.3 Å². The van der Waals surface area contributed by atoms with E-state index in [1.807, 2.05) is 6.07 Å². The highest BCUT2D eigenvalue weighted by Gasteiger charge is 2.38. The maximum absolute atomic E-state index is 12.2. The Balaban J connectivity index is 1.80. The topological polar surface area (TPSA) is 80.7 Å². The number of hydrogen-bond acceptors (Lipinski definition) is 5. The molecule has 1 aliphatic carbocycles. The minimum atomic E-state index is -1.12. The fraction of sp³-hybridized carbons (Fsp3) is 0.333. The lowest BCUT2D eigenvalue weighted by Gasteiger charge is -2.25. The van der Waals surface area contributed by atoms with Crippen LogP contribution in [0.5, 0.6) is 11.5 Å². The largest absolute Gasteiger partial charge is 0.493 e. The number of nitrogens with zero attached hydrogens (tertiary/aromatic N) is 1. The molecule has 0 aliphatic heterocycles. The van der Waals surface area contributed by atoms with Crippen molar-refractivity contribution in [1.29, 1.82) is 0 Å². The van der Waals surface area contributed by atoms with E-state index in [-0.39, 0.29) is 12.5 Å². The summed E-state index contributed by atoms with van der Waals surface area (Å²) in [6.07, 6.45) is 4.36. The molecule has 6 nitrogen and oxygen atoms in total. The van der Waals surface area contributed by atoms with Crippen LogP contribution >= 0.6 is 0 Å². The highest BCUT2D eigenvalue weighted by Crippen LogP contribution is 2.42. The molecule has 6 heteroatoms. The van der Waals surface area contributed by atoms with Crippen molar-refractivity contribution in [1.82, 2.24) is 10.3 Å². The summed E-state index contributed by atoms with van der Waals surface area (Å²) in [5.74, 6) is 0.945. The van der Waals surface area contributed by atoms with Gasteiger partial charge in [0.25, 0.3) is 5.91 Å². The van der Waals surface area contributed by atoms with Gasteiger partial charge in [0.15, 0.2) is 11.5 Å². The first-order valence-corrected chi connectivity index (χ1v) is 7.73. The van der Waals surface area contributed by atoms with Crippen LogP contribution in [0, 0.1) is 0 Å². The average molecular weight is 328 g/mol. The van der Waals surface area contributed by atoms with E-state index in [2.05, 4.69) is 10.3 Å². The minimum Gasteiger partial charge on any atom is -0.493 e. The lowest BCUT2D eigenvalue weighted by Crippen LogP contribution is -2.39. The summed E-state index contributed by atoms with van der Waals surface area (Å²) in [7, 11) is 3.14. The molecule has 0 bridgehead atoms. The monoisotopic (exact) mass is 328 g/mol. The third-order valence-electron chi connectivity index (χ3n) is 4.38. The second-order valence-corrected chi connectivity index (χ2v) is 5.82. The number of carbonyl (C=O) groups excluding carboxylic acids is 1. The van der Waals surface area contributed by atoms with Crippen molar-refractivity contribution in [2.75, 3.05) is 20.8 Å². The van der Waals surface area contributed by atoms with Crippen molar-refractivity contribution in [2.45, 2.75) is 18.4 Å². The number of hydrogen-bond donors (Lipinski definition) is 2. The van der Waals surface area contributed by atoms with Gasteiger partial charge >= 0.3 is 0 Å². The number of amides is 1. The fourth-order valence-corrected chi connectivity index (χ4v) is 3.05. The number of fused-ring (bicyclic) bond motifs is 1. The van der Waals surface area contributed by atoms with Crippen molar-refractivity contribution in [2.24, 2.45) is 0 Å². The Labute approximate surface area is 140 Å². The second kappa shape index (κ2) is 6.49. The van der Waals surface area contributed by atoms with E-state index in [9.17, 15) is 9.90 Å². The zero-order valence-electron chi connectivity index (χ0n) is 13.7. The van der Waals surface area contributed by atoms with Gasteiger partial charge in [-0.2, -0.15) is 0 Å². The van der Waals surface area contributed by atoms with Gasteiger partial charge in [0.1, 0.15) is 5.60 Å². The molecule has 2 aromatic rings. The number of rotatable bonds is 5. The third-order valence-corrected chi connectivity index (χ3v) is 4.38. The minimum absolute atomic E-state index is 0.128. The first kappa shape index (κ1) is 16.3. The molecule has 0 saturated carbocycles. The Bertz CT molecular complexity index is 748. The molecular weight excluding hydrogens is 308 g/mol. The lowest BCUT2D eigenvalue weighted by molar-refractivity contribution is 0.0368. The summed E-state index contributed by atoms with van der Waals surface area (Å²) in [6.45, 7) is 0.128. The van der Waals surface area contributed by atoms with Crippen molar-refractivity contribution in [3.63, 3.8) is 0 Å². The third kappa shape index (κ3) is 2.92. The molecule has 0 saturated heterocycles. The molecule has 0 fully saturated rings. The van der Waals surface area contributed by atoms with E-state index in [0.717, 1.165) is 17.5 Å². The fourth-order valence-electron chi connectivity index (χ4n) is 3.05. The molecule has 2 N–H and O–H groups in total. The summed E-state index contributed by atoms with van der Waals surface area (Å²) >= 11 is 0. The molecule has 1 aromatic heterocycles. The van der Waals surface area contributed by atoms with Crippen LogP contribution in [-0.2, 0) is 12.0 Å². The summed E-state index contributed by atoms with van der Waals surface area (Å²) in [5.41, 5.74) is 1.12. The Morgan fingerprint density at radius 1 is 1.33 bits per heavy atom. The van der Waals surface area contributed by atoms with Crippen LogP contribution in [0.15, 0.2) is 36.7 Å². The number of aliphatic hydroxyl groups is 1. The van der Waals surface area contributed by atoms with Crippen molar-refractivity contribution in [3.8, 4) is 11.5 Å². The highest BCUT2D eigenvalue weighted by atomic mass is 16.5. The number of aromatic nitrogens is 1. The molecule has 1 unspecified atom stereocenters. The van der Waals surface area contributed by atoms with Crippen LogP contribution in [0.4, 0.5) is 0 Å². The summed E-state index contributed by atoms with van der Waals surface area (Å²) in [6, 6.07) is 7.06. The van der Waals surface area contributed by atoms with Crippen LogP contribution in [0.2, 0.25) is 0 Å². The summed E-state index contributed by atoms with van der Waals surface area (Å²) < 4.78 is 10.6. The van der Waals surface area contributed by atoms with Crippen molar-refractivity contribution >= 4 is 5.91 Å². The maximum atomic E-state index is 12.2. The van der Waals surface area contributed by atoms with E-state index in [1.54, 1.807) is 38.6 Å². The van der Waals surface area contributed by atoms with E-state index in [4.69, 9.17) is 9.47 Å². The first-order chi connectivity index (χ1) is 11.6. The molecular formula is C18H20N2O4. The smallest absolute Gasteiger partial charge is 0.252 e. The molecule has 0 spiro atoms. The van der Waals surface area contributed by atoms with Gasteiger partial charge in [-0.05, 0) is 48.2 Å².